The van der Waals surface area contributed by atoms with Crippen molar-refractivity contribution in [2.24, 2.45) is 5.73 Å². The lowest BCUT2D eigenvalue weighted by molar-refractivity contribution is 0.514. The van der Waals surface area contributed by atoms with Crippen LogP contribution in [0.5, 0.6) is 0 Å². The van der Waals surface area contributed by atoms with Gasteiger partial charge in [0.2, 0.25) is 0 Å². The third-order valence-electron chi connectivity index (χ3n) is 5.48. The zero-order valence-electron chi connectivity index (χ0n) is 16.7. The predicted octanol–water partition coefficient (Wildman–Crippen LogP) is 4.51. The number of rotatable bonds is 7. The molecule has 4 aromatic rings. The molecule has 4 rings (SSSR count). The van der Waals surface area contributed by atoms with Crippen molar-refractivity contribution in [2.75, 3.05) is 0 Å². The van der Waals surface area contributed by atoms with Gasteiger partial charge in [0, 0.05) is 6.20 Å². The molecule has 0 radical (unpaired) electrons. The normalized spacial score (nSPS) is 12.3. The Morgan fingerprint density at radius 3 is 1.73 bits per heavy atom. The molecule has 0 saturated heterocycles. The zero-order chi connectivity index (χ0) is 20.8. The van der Waals surface area contributed by atoms with Gasteiger partial charge in [0.15, 0.2) is 0 Å². The van der Waals surface area contributed by atoms with Crippen LogP contribution in [0.25, 0.3) is 0 Å². The summed E-state index contributed by atoms with van der Waals surface area (Å²) in [4.78, 5) is 4.66. The first kappa shape index (κ1) is 19.6. The minimum Gasteiger partial charge on any atom is -0.319 e. The molecule has 30 heavy (non-hydrogen) atoms. The van der Waals surface area contributed by atoms with Crippen molar-refractivity contribution in [1.82, 2.24) is 9.55 Å². The Balaban J connectivity index is 1.93. The fraction of sp³-hybridized carbons (Fsp3) is 0.154. The van der Waals surface area contributed by atoms with Gasteiger partial charge in [-0.2, -0.15) is 5.26 Å². The largest absolute Gasteiger partial charge is 0.319 e. The van der Waals surface area contributed by atoms with Crippen LogP contribution in [-0.2, 0) is 12.0 Å². The molecule has 1 heterocycles. The van der Waals surface area contributed by atoms with Gasteiger partial charge in [0.05, 0.1) is 24.1 Å². The number of nitriles is 1. The highest BCUT2D eigenvalue weighted by atomic mass is 15.1. The summed E-state index contributed by atoms with van der Waals surface area (Å²) in [5.74, 6) is 0. The van der Waals surface area contributed by atoms with Crippen LogP contribution in [0.1, 0.15) is 28.8 Å². The summed E-state index contributed by atoms with van der Waals surface area (Å²) in [7, 11) is 0. The topological polar surface area (TPSA) is 67.6 Å². The molecule has 0 bridgehead atoms. The molecular weight excluding hydrogens is 368 g/mol. The fourth-order valence-corrected chi connectivity index (χ4v) is 4.03. The van der Waals surface area contributed by atoms with E-state index in [1.165, 1.54) is 0 Å². The third-order valence-corrected chi connectivity index (χ3v) is 5.48. The van der Waals surface area contributed by atoms with E-state index in [1.54, 1.807) is 0 Å². The zero-order valence-corrected chi connectivity index (χ0v) is 16.7. The minimum atomic E-state index is -0.563. The van der Waals surface area contributed by atoms with Crippen molar-refractivity contribution in [3.05, 3.63) is 126 Å². The van der Waals surface area contributed by atoms with E-state index in [2.05, 4.69) is 94.6 Å². The second-order valence-corrected chi connectivity index (χ2v) is 7.36. The summed E-state index contributed by atoms with van der Waals surface area (Å²) < 4.78 is 2.18. The lowest BCUT2D eigenvalue weighted by atomic mass is 9.77. The van der Waals surface area contributed by atoms with Crippen LogP contribution in [0.3, 0.4) is 0 Å². The number of benzene rings is 3. The van der Waals surface area contributed by atoms with Crippen molar-refractivity contribution in [2.45, 2.75) is 24.4 Å². The molecule has 0 aliphatic heterocycles. The number of hydrogen-bond acceptors (Lipinski definition) is 3. The first-order valence-electron chi connectivity index (χ1n) is 10.1. The minimum absolute atomic E-state index is 0.475. The molecule has 4 heteroatoms. The van der Waals surface area contributed by atoms with Crippen LogP contribution in [0.4, 0.5) is 0 Å². The van der Waals surface area contributed by atoms with E-state index in [1.807, 2.05) is 24.5 Å². The average molecular weight is 393 g/mol. The van der Waals surface area contributed by atoms with Crippen LogP contribution in [0.15, 0.2) is 104 Å². The second-order valence-electron chi connectivity index (χ2n) is 7.36. The van der Waals surface area contributed by atoms with Crippen LogP contribution in [0.2, 0.25) is 0 Å². The van der Waals surface area contributed by atoms with Crippen molar-refractivity contribution in [1.29, 1.82) is 5.26 Å². The van der Waals surface area contributed by atoms with Crippen LogP contribution in [-0.4, -0.2) is 15.6 Å². The van der Waals surface area contributed by atoms with E-state index in [0.717, 1.165) is 22.4 Å². The Morgan fingerprint density at radius 2 is 1.30 bits per heavy atom. The maximum atomic E-state index is 8.99. The van der Waals surface area contributed by atoms with Crippen molar-refractivity contribution in [3.63, 3.8) is 0 Å². The van der Waals surface area contributed by atoms with Gasteiger partial charge in [0.25, 0.3) is 0 Å². The molecule has 4 nitrogen and oxygen atoms in total. The molecule has 3 aromatic carbocycles. The van der Waals surface area contributed by atoms with Gasteiger partial charge >= 0.3 is 0 Å². The SMILES string of the molecule is N#CC(N)CCc1cn(C(c2ccccc2)(c2ccccc2)c2ccccc2)cn1. The summed E-state index contributed by atoms with van der Waals surface area (Å²) >= 11 is 0. The lowest BCUT2D eigenvalue weighted by Gasteiger charge is -2.37. The Hall–Kier alpha value is -3.68. The van der Waals surface area contributed by atoms with E-state index < -0.39 is 11.6 Å². The highest BCUT2D eigenvalue weighted by molar-refractivity contribution is 5.50. The van der Waals surface area contributed by atoms with E-state index in [0.29, 0.717) is 12.8 Å². The lowest BCUT2D eigenvalue weighted by Crippen LogP contribution is -2.36. The predicted molar refractivity (Wildman–Crippen MR) is 119 cm³/mol. The molecule has 148 valence electrons. The second kappa shape index (κ2) is 8.77. The van der Waals surface area contributed by atoms with Gasteiger partial charge in [-0.1, -0.05) is 91.0 Å². The quantitative estimate of drug-likeness (QED) is 0.471. The summed E-state index contributed by atoms with van der Waals surface area (Å²) in [5, 5.41) is 8.99. The first-order valence-corrected chi connectivity index (χ1v) is 10.1. The van der Waals surface area contributed by atoms with Crippen LogP contribution in [0, 0.1) is 11.3 Å². The summed E-state index contributed by atoms with van der Waals surface area (Å²) in [6.07, 6.45) is 5.22. The smallest absolute Gasteiger partial charge is 0.121 e. The number of nitrogens with two attached hydrogens (primary N) is 1. The molecule has 1 unspecified atom stereocenters. The highest BCUT2D eigenvalue weighted by Crippen LogP contribution is 2.40. The number of nitrogens with zero attached hydrogens (tertiary/aromatic N) is 3. The molecule has 1 atom stereocenters. The fourth-order valence-electron chi connectivity index (χ4n) is 4.03. The Labute approximate surface area is 177 Å². The van der Waals surface area contributed by atoms with Gasteiger partial charge in [0.1, 0.15) is 5.54 Å². The highest BCUT2D eigenvalue weighted by Gasteiger charge is 2.38. The molecule has 0 amide bonds. The summed E-state index contributed by atoms with van der Waals surface area (Å²) in [6, 6.07) is 33.1. The van der Waals surface area contributed by atoms with Gasteiger partial charge in [-0.3, -0.25) is 0 Å². The van der Waals surface area contributed by atoms with Gasteiger partial charge in [-0.05, 0) is 29.5 Å². The summed E-state index contributed by atoms with van der Waals surface area (Å²) in [5.41, 5.74) is 9.61. The van der Waals surface area contributed by atoms with Crippen molar-refractivity contribution < 1.29 is 0 Å². The monoisotopic (exact) mass is 392 g/mol. The summed E-state index contributed by atoms with van der Waals surface area (Å²) in [6.45, 7) is 0. The average Bonchev–Trinajstić information content (AvgIpc) is 3.29. The molecule has 2 N–H and O–H groups in total. The molecular formula is C26H24N4. The maximum absolute atomic E-state index is 8.99. The Kier molecular flexibility index (Phi) is 5.74. The molecule has 0 aliphatic rings. The molecule has 0 fully saturated rings. The van der Waals surface area contributed by atoms with Crippen molar-refractivity contribution >= 4 is 0 Å². The number of imidazole rings is 1. The molecule has 1 aromatic heterocycles. The van der Waals surface area contributed by atoms with Crippen molar-refractivity contribution in [3.8, 4) is 6.07 Å². The Morgan fingerprint density at radius 1 is 0.833 bits per heavy atom. The number of hydrogen-bond donors (Lipinski definition) is 1. The standard InChI is InChI=1S/C26H24N4/c27-18-24(28)16-17-25-19-30(20-29-25)26(21-10-4-1-5-11-21,22-12-6-2-7-13-22)23-14-8-3-9-15-23/h1-15,19-20,24H,16-17,28H2. The first-order chi connectivity index (χ1) is 14.7. The number of aromatic nitrogens is 2. The number of aryl methyl sites for hydroxylation is 1. The van der Waals surface area contributed by atoms with Crippen LogP contribution < -0.4 is 5.73 Å². The van der Waals surface area contributed by atoms with E-state index in [9.17, 15) is 0 Å². The molecule has 0 saturated carbocycles. The van der Waals surface area contributed by atoms with E-state index >= 15 is 0 Å². The molecule has 0 spiro atoms. The van der Waals surface area contributed by atoms with Gasteiger partial charge < -0.3 is 10.3 Å². The van der Waals surface area contributed by atoms with Crippen LogP contribution >= 0.6 is 0 Å². The van der Waals surface area contributed by atoms with E-state index in [-0.39, 0.29) is 0 Å². The maximum Gasteiger partial charge on any atom is 0.121 e. The van der Waals surface area contributed by atoms with E-state index in [4.69, 9.17) is 11.0 Å². The van der Waals surface area contributed by atoms with Gasteiger partial charge in [-0.25, -0.2) is 4.98 Å². The third kappa shape index (κ3) is 3.63. The van der Waals surface area contributed by atoms with Gasteiger partial charge in [-0.15, -0.1) is 0 Å². The Bertz CT molecular complexity index is 1020. The molecule has 0 aliphatic carbocycles.